The largest absolute Gasteiger partial charge is 0.444 e. The standard InChI is InChI=1S/C31H51N3O4/c1-7-8-9-10-11-15-18-34(27(35)22-32-30(37)38-31(4,5)6)28(25-20-23(2)19-24(3)21-25)29(36)33-26-16-13-12-14-17-26/h19-21,26,28H,7-18,22H2,1-6H3,(H,32,37)(H,33,36). The van der Waals surface area contributed by atoms with Crippen molar-refractivity contribution in [2.45, 2.75) is 130 Å². The van der Waals surface area contributed by atoms with Gasteiger partial charge in [-0.25, -0.2) is 4.79 Å². The number of alkyl carbamates (subject to hydrolysis) is 1. The van der Waals surface area contributed by atoms with Crippen molar-refractivity contribution in [3.05, 3.63) is 34.9 Å². The lowest BCUT2D eigenvalue weighted by atomic mass is 9.94. The summed E-state index contributed by atoms with van der Waals surface area (Å²) < 4.78 is 5.33. The first-order chi connectivity index (χ1) is 18.0. The van der Waals surface area contributed by atoms with Crippen molar-refractivity contribution in [3.63, 3.8) is 0 Å². The highest BCUT2D eigenvalue weighted by atomic mass is 16.6. The number of ether oxygens (including phenoxy) is 1. The van der Waals surface area contributed by atoms with Crippen LogP contribution in [0.15, 0.2) is 18.2 Å². The van der Waals surface area contributed by atoms with Crippen LogP contribution in [0.5, 0.6) is 0 Å². The van der Waals surface area contributed by atoms with Crippen molar-refractivity contribution in [2.24, 2.45) is 0 Å². The zero-order valence-corrected chi connectivity index (χ0v) is 24.7. The SMILES string of the molecule is CCCCCCCCN(C(=O)CNC(=O)OC(C)(C)C)C(C(=O)NC1CCCCC1)c1cc(C)cc(C)c1. The molecule has 1 aromatic rings. The molecule has 0 aromatic heterocycles. The second-order valence-electron chi connectivity index (χ2n) is 11.9. The molecule has 0 spiro atoms. The smallest absolute Gasteiger partial charge is 0.408 e. The van der Waals surface area contributed by atoms with E-state index in [-0.39, 0.29) is 24.4 Å². The molecule has 7 heteroatoms. The topological polar surface area (TPSA) is 87.7 Å². The average Bonchev–Trinajstić information content (AvgIpc) is 2.82. The molecule has 2 rings (SSSR count). The lowest BCUT2D eigenvalue weighted by Gasteiger charge is -2.34. The fourth-order valence-electron chi connectivity index (χ4n) is 5.19. The fourth-order valence-corrected chi connectivity index (χ4v) is 5.19. The van der Waals surface area contributed by atoms with E-state index < -0.39 is 17.7 Å². The molecule has 38 heavy (non-hydrogen) atoms. The molecule has 0 bridgehead atoms. The summed E-state index contributed by atoms with van der Waals surface area (Å²) in [6, 6.07) is 5.46. The number of rotatable bonds is 13. The molecule has 0 aliphatic heterocycles. The molecule has 0 radical (unpaired) electrons. The third kappa shape index (κ3) is 11.4. The van der Waals surface area contributed by atoms with Gasteiger partial charge in [-0.15, -0.1) is 0 Å². The number of unbranched alkanes of at least 4 members (excludes halogenated alkanes) is 5. The molecule has 1 unspecified atom stereocenters. The summed E-state index contributed by atoms with van der Waals surface area (Å²) >= 11 is 0. The normalized spacial score (nSPS) is 15.0. The van der Waals surface area contributed by atoms with E-state index in [1.54, 1.807) is 25.7 Å². The number of amides is 3. The summed E-state index contributed by atoms with van der Waals surface area (Å²) in [6.45, 7) is 11.8. The van der Waals surface area contributed by atoms with Crippen molar-refractivity contribution in [1.29, 1.82) is 0 Å². The minimum absolute atomic E-state index is 0.135. The van der Waals surface area contributed by atoms with E-state index >= 15 is 0 Å². The molecule has 1 saturated carbocycles. The first-order valence-corrected chi connectivity index (χ1v) is 14.6. The van der Waals surface area contributed by atoms with Crippen LogP contribution in [0.2, 0.25) is 0 Å². The van der Waals surface area contributed by atoms with E-state index in [0.717, 1.165) is 61.6 Å². The molecule has 1 aliphatic rings. The van der Waals surface area contributed by atoms with Crippen molar-refractivity contribution in [2.75, 3.05) is 13.1 Å². The van der Waals surface area contributed by atoms with Gasteiger partial charge in [0.05, 0.1) is 0 Å². The molecule has 1 aromatic carbocycles. The average molecular weight is 530 g/mol. The second-order valence-corrected chi connectivity index (χ2v) is 11.9. The molecule has 2 N–H and O–H groups in total. The number of nitrogens with zero attached hydrogens (tertiary/aromatic N) is 1. The lowest BCUT2D eigenvalue weighted by Crippen LogP contribution is -2.50. The van der Waals surface area contributed by atoms with Gasteiger partial charge >= 0.3 is 6.09 Å². The van der Waals surface area contributed by atoms with Gasteiger partial charge in [0.1, 0.15) is 18.2 Å². The highest BCUT2D eigenvalue weighted by molar-refractivity contribution is 5.90. The van der Waals surface area contributed by atoms with Gasteiger partial charge in [-0.1, -0.05) is 87.6 Å². The third-order valence-electron chi connectivity index (χ3n) is 6.93. The lowest BCUT2D eigenvalue weighted by molar-refractivity contribution is -0.140. The Morgan fingerprint density at radius 1 is 0.947 bits per heavy atom. The predicted molar refractivity (Wildman–Crippen MR) is 153 cm³/mol. The van der Waals surface area contributed by atoms with Gasteiger partial charge in [-0.05, 0) is 59.4 Å². The maximum Gasteiger partial charge on any atom is 0.408 e. The number of carbonyl (C=O) groups is 3. The number of hydrogen-bond donors (Lipinski definition) is 2. The summed E-state index contributed by atoms with van der Waals surface area (Å²) in [5, 5.41) is 5.86. The highest BCUT2D eigenvalue weighted by Gasteiger charge is 2.33. The Morgan fingerprint density at radius 2 is 1.55 bits per heavy atom. The van der Waals surface area contributed by atoms with E-state index in [4.69, 9.17) is 4.74 Å². The Kier molecular flexibility index (Phi) is 13.1. The number of benzene rings is 1. The van der Waals surface area contributed by atoms with Gasteiger partial charge in [-0.2, -0.15) is 0 Å². The highest BCUT2D eigenvalue weighted by Crippen LogP contribution is 2.26. The van der Waals surface area contributed by atoms with E-state index in [1.807, 2.05) is 26.0 Å². The summed E-state index contributed by atoms with van der Waals surface area (Å²) in [5.74, 6) is -0.425. The molecule has 1 fully saturated rings. The Labute approximate surface area is 230 Å². The minimum Gasteiger partial charge on any atom is -0.444 e. The Balaban J connectivity index is 2.29. The molecule has 3 amide bonds. The monoisotopic (exact) mass is 529 g/mol. The predicted octanol–water partition coefficient (Wildman–Crippen LogP) is 6.51. The Hall–Kier alpha value is -2.57. The molecule has 7 nitrogen and oxygen atoms in total. The first-order valence-electron chi connectivity index (χ1n) is 14.6. The van der Waals surface area contributed by atoms with Gasteiger partial charge in [0, 0.05) is 12.6 Å². The van der Waals surface area contributed by atoms with Crippen LogP contribution in [0.4, 0.5) is 4.79 Å². The Morgan fingerprint density at radius 3 is 2.16 bits per heavy atom. The van der Waals surface area contributed by atoms with Crippen LogP contribution in [-0.4, -0.2) is 47.5 Å². The van der Waals surface area contributed by atoms with Crippen LogP contribution in [0, 0.1) is 13.8 Å². The minimum atomic E-state index is -0.751. The summed E-state index contributed by atoms with van der Waals surface area (Å²) in [6.07, 6.45) is 11.2. The van der Waals surface area contributed by atoms with E-state index in [9.17, 15) is 14.4 Å². The summed E-state index contributed by atoms with van der Waals surface area (Å²) in [5.41, 5.74) is 2.25. The molecule has 0 saturated heterocycles. The third-order valence-corrected chi connectivity index (χ3v) is 6.93. The maximum atomic E-state index is 13.9. The molecular formula is C31H51N3O4. The van der Waals surface area contributed by atoms with E-state index in [0.29, 0.717) is 6.54 Å². The van der Waals surface area contributed by atoms with E-state index in [1.165, 1.54) is 25.7 Å². The molecule has 1 aliphatic carbocycles. The van der Waals surface area contributed by atoms with Crippen LogP contribution in [-0.2, 0) is 14.3 Å². The van der Waals surface area contributed by atoms with Gasteiger partial charge in [0.25, 0.3) is 0 Å². The molecule has 1 atom stereocenters. The van der Waals surface area contributed by atoms with Crippen LogP contribution in [0.3, 0.4) is 0 Å². The van der Waals surface area contributed by atoms with Crippen molar-refractivity contribution in [1.82, 2.24) is 15.5 Å². The van der Waals surface area contributed by atoms with Gasteiger partial charge in [-0.3, -0.25) is 9.59 Å². The quantitative estimate of drug-likeness (QED) is 0.285. The Bertz CT molecular complexity index is 883. The number of hydrogen-bond acceptors (Lipinski definition) is 4. The summed E-state index contributed by atoms with van der Waals surface area (Å²) in [7, 11) is 0. The van der Waals surface area contributed by atoms with Gasteiger partial charge in [0.15, 0.2) is 0 Å². The van der Waals surface area contributed by atoms with Crippen molar-refractivity contribution < 1.29 is 19.1 Å². The van der Waals surface area contributed by atoms with Gasteiger partial charge < -0.3 is 20.3 Å². The zero-order chi connectivity index (χ0) is 28.1. The fraction of sp³-hybridized carbons (Fsp3) is 0.710. The van der Waals surface area contributed by atoms with Crippen LogP contribution < -0.4 is 10.6 Å². The van der Waals surface area contributed by atoms with E-state index in [2.05, 4.69) is 23.6 Å². The van der Waals surface area contributed by atoms with Crippen LogP contribution in [0.25, 0.3) is 0 Å². The zero-order valence-electron chi connectivity index (χ0n) is 24.7. The van der Waals surface area contributed by atoms with Crippen LogP contribution in [0.1, 0.15) is 121 Å². The molecule has 0 heterocycles. The number of carbonyl (C=O) groups excluding carboxylic acids is 3. The first kappa shape index (κ1) is 31.6. The summed E-state index contributed by atoms with van der Waals surface area (Å²) in [4.78, 5) is 41.5. The van der Waals surface area contributed by atoms with Crippen molar-refractivity contribution in [3.8, 4) is 0 Å². The van der Waals surface area contributed by atoms with Crippen molar-refractivity contribution >= 4 is 17.9 Å². The van der Waals surface area contributed by atoms with Gasteiger partial charge in [0.2, 0.25) is 11.8 Å². The van der Waals surface area contributed by atoms with Crippen LogP contribution >= 0.6 is 0 Å². The number of nitrogens with one attached hydrogen (secondary N) is 2. The second kappa shape index (κ2) is 15.7. The number of aryl methyl sites for hydroxylation is 2. The molecule has 214 valence electrons. The molecular weight excluding hydrogens is 478 g/mol. The maximum absolute atomic E-state index is 13.9.